The smallest absolute Gasteiger partial charge is 0.254 e. The molecule has 4 rings (SSSR count). The van der Waals surface area contributed by atoms with Crippen LogP contribution < -0.4 is 4.74 Å². The van der Waals surface area contributed by atoms with E-state index in [2.05, 4.69) is 15.2 Å². The van der Waals surface area contributed by atoms with Gasteiger partial charge in [-0.3, -0.25) is 14.9 Å². The number of ether oxygens (including phenoxy) is 2. The van der Waals surface area contributed by atoms with Crippen LogP contribution in [-0.4, -0.2) is 53.4 Å². The van der Waals surface area contributed by atoms with Gasteiger partial charge in [0.1, 0.15) is 5.75 Å². The molecule has 2 aromatic heterocycles. The van der Waals surface area contributed by atoms with Gasteiger partial charge in [0, 0.05) is 53.7 Å². The minimum atomic E-state index is -0.359. The fourth-order valence-corrected chi connectivity index (χ4v) is 4.07. The van der Waals surface area contributed by atoms with Crippen LogP contribution >= 0.6 is 11.6 Å². The molecule has 2 heterocycles. The predicted molar refractivity (Wildman–Crippen MR) is 129 cm³/mol. The van der Waals surface area contributed by atoms with Crippen molar-refractivity contribution in [3.05, 3.63) is 77.2 Å². The van der Waals surface area contributed by atoms with Crippen molar-refractivity contribution in [1.29, 1.82) is 0 Å². The molecule has 0 bridgehead atoms. The van der Waals surface area contributed by atoms with Crippen LogP contribution in [-0.2, 0) is 4.74 Å². The average Bonchev–Trinajstić information content (AvgIpc) is 3.31. The highest BCUT2D eigenvalue weighted by molar-refractivity contribution is 6.30. The maximum Gasteiger partial charge on any atom is 0.254 e. The Hall–Kier alpha value is -3.42. The summed E-state index contributed by atoms with van der Waals surface area (Å²) in [5.74, 6) is 0.465. The van der Waals surface area contributed by atoms with Gasteiger partial charge in [0.05, 0.1) is 31.0 Å². The topological polar surface area (TPSA) is 80.3 Å². The van der Waals surface area contributed by atoms with Crippen molar-refractivity contribution < 1.29 is 14.3 Å². The molecule has 0 saturated heterocycles. The Morgan fingerprint density at radius 2 is 2.03 bits per heavy atom. The minimum absolute atomic E-state index is 0.160. The number of hydrogen-bond donors (Lipinski definition) is 1. The molecule has 0 fully saturated rings. The number of aromatic nitrogens is 3. The Balaban J connectivity index is 1.69. The molecule has 1 atom stereocenters. The second-order valence-corrected chi connectivity index (χ2v) is 8.04. The van der Waals surface area contributed by atoms with Crippen LogP contribution in [0.2, 0.25) is 5.02 Å². The summed E-state index contributed by atoms with van der Waals surface area (Å²) < 4.78 is 11.3. The zero-order valence-electron chi connectivity index (χ0n) is 18.7. The van der Waals surface area contributed by atoms with Gasteiger partial charge in [-0.25, -0.2) is 0 Å². The van der Waals surface area contributed by atoms with Crippen LogP contribution in [0.4, 0.5) is 0 Å². The normalized spacial score (nSPS) is 12.0. The highest BCUT2D eigenvalue weighted by atomic mass is 35.5. The number of rotatable bonds is 8. The van der Waals surface area contributed by atoms with Gasteiger partial charge in [-0.2, -0.15) is 5.10 Å². The van der Waals surface area contributed by atoms with E-state index in [-0.39, 0.29) is 11.9 Å². The number of nitrogens with zero attached hydrogens (tertiary/aromatic N) is 3. The van der Waals surface area contributed by atoms with Crippen LogP contribution in [0.5, 0.6) is 5.75 Å². The first-order valence-corrected chi connectivity index (χ1v) is 11.0. The molecule has 1 N–H and O–H groups in total. The number of benzene rings is 2. The molecule has 4 aromatic rings. The highest BCUT2D eigenvalue weighted by Gasteiger charge is 2.26. The Morgan fingerprint density at radius 3 is 2.79 bits per heavy atom. The number of methoxy groups -OCH3 is 1. The molecular formula is C25H25ClN4O3. The van der Waals surface area contributed by atoms with Crippen LogP contribution in [0.15, 0.2) is 61.1 Å². The minimum Gasteiger partial charge on any atom is -0.493 e. The van der Waals surface area contributed by atoms with E-state index >= 15 is 0 Å². The second-order valence-electron chi connectivity index (χ2n) is 7.60. The van der Waals surface area contributed by atoms with Crippen LogP contribution in [0.3, 0.4) is 0 Å². The lowest BCUT2D eigenvalue weighted by molar-refractivity contribution is 0.0603. The number of carbonyl (C=O) groups is 1. The molecule has 1 amide bonds. The van der Waals surface area contributed by atoms with E-state index < -0.39 is 0 Å². The summed E-state index contributed by atoms with van der Waals surface area (Å²) in [5.41, 5.74) is 3.98. The summed E-state index contributed by atoms with van der Waals surface area (Å²) >= 11 is 6.18. The fraction of sp³-hybridized carbons (Fsp3) is 0.240. The first kappa shape index (κ1) is 22.8. The molecule has 8 heteroatoms. The molecule has 0 spiro atoms. The number of likely N-dealkylation sites (N-methyl/N-ethyl adjacent to an activating group) is 1. The third-order valence-electron chi connectivity index (χ3n) is 5.52. The number of halogens is 1. The summed E-state index contributed by atoms with van der Waals surface area (Å²) in [6, 6.07) is 12.7. The third kappa shape index (κ3) is 4.69. The summed E-state index contributed by atoms with van der Waals surface area (Å²) in [6.07, 6.45) is 5.18. The van der Waals surface area contributed by atoms with Gasteiger partial charge < -0.3 is 14.4 Å². The largest absolute Gasteiger partial charge is 0.493 e. The van der Waals surface area contributed by atoms with E-state index in [4.69, 9.17) is 21.1 Å². The predicted octanol–water partition coefficient (Wildman–Crippen LogP) is 5.14. The lowest BCUT2D eigenvalue weighted by atomic mass is 10.0. The maximum atomic E-state index is 13.5. The van der Waals surface area contributed by atoms with Crippen molar-refractivity contribution in [3.63, 3.8) is 0 Å². The van der Waals surface area contributed by atoms with E-state index in [1.165, 1.54) is 0 Å². The number of nitrogens with one attached hydrogen (secondary N) is 1. The Morgan fingerprint density at radius 1 is 1.18 bits per heavy atom. The molecule has 33 heavy (non-hydrogen) atoms. The molecule has 7 nitrogen and oxygen atoms in total. The SMILES string of the molecule is CCOc1cc(C(=O)N(C)[C@H](COC)c2cncc3cn[nH]c23)ccc1-c1cccc(Cl)c1. The van der Waals surface area contributed by atoms with E-state index in [9.17, 15) is 4.79 Å². The molecule has 0 unspecified atom stereocenters. The number of amides is 1. The van der Waals surface area contributed by atoms with Gasteiger partial charge in [0.25, 0.3) is 5.91 Å². The zero-order valence-corrected chi connectivity index (χ0v) is 19.5. The molecule has 0 aliphatic carbocycles. The highest BCUT2D eigenvalue weighted by Crippen LogP contribution is 2.34. The Bertz CT molecular complexity index is 1270. The van der Waals surface area contributed by atoms with E-state index in [0.29, 0.717) is 29.5 Å². The molecule has 0 radical (unpaired) electrons. The van der Waals surface area contributed by atoms with Gasteiger partial charge >= 0.3 is 0 Å². The number of aromatic amines is 1. The Labute approximate surface area is 197 Å². The second kappa shape index (κ2) is 10.0. The Kier molecular flexibility index (Phi) is 6.91. The summed E-state index contributed by atoms with van der Waals surface area (Å²) in [7, 11) is 3.37. The van der Waals surface area contributed by atoms with Crippen molar-refractivity contribution in [2.45, 2.75) is 13.0 Å². The molecular weight excluding hydrogens is 440 g/mol. The monoisotopic (exact) mass is 464 g/mol. The quantitative estimate of drug-likeness (QED) is 0.390. The molecule has 0 aliphatic rings. The molecule has 0 aliphatic heterocycles. The lowest BCUT2D eigenvalue weighted by Gasteiger charge is -2.28. The van der Waals surface area contributed by atoms with Gasteiger partial charge in [0.15, 0.2) is 0 Å². The number of fused-ring (bicyclic) bond motifs is 1. The maximum absolute atomic E-state index is 13.5. The average molecular weight is 465 g/mol. The standard InChI is InChI=1S/C25H25ClN4O3/c1-4-33-23-11-17(8-9-20(23)16-6-5-7-19(26)10-16)25(31)30(2)22(15-32-3)21-14-27-12-18-13-28-29-24(18)21/h5-14,22H,4,15H2,1-3H3,(H,28,29)/t22-/m1/s1. The number of hydrogen-bond acceptors (Lipinski definition) is 5. The summed E-state index contributed by atoms with van der Waals surface area (Å²) in [6.45, 7) is 2.69. The molecule has 2 aromatic carbocycles. The number of pyridine rings is 1. The first-order valence-electron chi connectivity index (χ1n) is 10.6. The van der Waals surface area contributed by atoms with Crippen molar-refractivity contribution in [2.75, 3.05) is 27.4 Å². The number of H-pyrrole nitrogens is 1. The third-order valence-corrected chi connectivity index (χ3v) is 5.76. The van der Waals surface area contributed by atoms with E-state index in [0.717, 1.165) is 27.6 Å². The zero-order chi connectivity index (χ0) is 23.4. The molecule has 170 valence electrons. The first-order chi connectivity index (χ1) is 16.0. The summed E-state index contributed by atoms with van der Waals surface area (Å²) in [5, 5.41) is 8.62. The van der Waals surface area contributed by atoms with E-state index in [1.807, 2.05) is 37.3 Å². The van der Waals surface area contributed by atoms with Crippen LogP contribution in [0.25, 0.3) is 22.0 Å². The lowest BCUT2D eigenvalue weighted by Crippen LogP contribution is -2.34. The van der Waals surface area contributed by atoms with Crippen LogP contribution in [0, 0.1) is 0 Å². The van der Waals surface area contributed by atoms with Gasteiger partial charge in [-0.1, -0.05) is 23.7 Å². The van der Waals surface area contributed by atoms with E-state index in [1.54, 1.807) is 49.8 Å². The van der Waals surface area contributed by atoms with Gasteiger partial charge in [0.2, 0.25) is 0 Å². The van der Waals surface area contributed by atoms with Crippen molar-refractivity contribution in [2.24, 2.45) is 0 Å². The molecule has 0 saturated carbocycles. The fourth-order valence-electron chi connectivity index (χ4n) is 3.88. The van der Waals surface area contributed by atoms with Crippen molar-refractivity contribution in [1.82, 2.24) is 20.1 Å². The van der Waals surface area contributed by atoms with Gasteiger partial charge in [-0.15, -0.1) is 0 Å². The van der Waals surface area contributed by atoms with Crippen molar-refractivity contribution in [3.8, 4) is 16.9 Å². The number of carbonyl (C=O) groups excluding carboxylic acids is 1. The summed E-state index contributed by atoms with van der Waals surface area (Å²) in [4.78, 5) is 19.5. The van der Waals surface area contributed by atoms with Crippen LogP contribution in [0.1, 0.15) is 28.9 Å². The van der Waals surface area contributed by atoms with Crippen molar-refractivity contribution >= 4 is 28.4 Å². The van der Waals surface area contributed by atoms with Gasteiger partial charge in [-0.05, 0) is 42.8 Å².